The molecule has 0 amide bonds. The maximum absolute atomic E-state index is 6.10. The molecule has 4 heteroatoms. The highest BCUT2D eigenvalue weighted by Gasteiger charge is 2.13. The van der Waals surface area contributed by atoms with E-state index in [-0.39, 0.29) is 11.1 Å². The number of nitrogens with zero attached hydrogens (tertiary/aromatic N) is 2. The van der Waals surface area contributed by atoms with Gasteiger partial charge in [0.2, 0.25) is 0 Å². The molecule has 1 aromatic carbocycles. The zero-order valence-electron chi connectivity index (χ0n) is 15.0. The van der Waals surface area contributed by atoms with Gasteiger partial charge in [-0.2, -0.15) is 0 Å². The standard InChI is InChI=1S/C19H32N4/c1-5-19(4,21)11-13-23-15-17-8-6-16(7-9-17)14-22-12-10-18(2,3)20/h6-9,14-15H,5,10-13,20-21H2,1-4H3/b22-14+,23-15+. The summed E-state index contributed by atoms with van der Waals surface area (Å²) in [6, 6.07) is 8.22. The Balaban J connectivity index is 2.43. The van der Waals surface area contributed by atoms with E-state index in [4.69, 9.17) is 11.5 Å². The lowest BCUT2D eigenvalue weighted by Crippen LogP contribution is -2.35. The molecule has 0 fully saturated rings. The van der Waals surface area contributed by atoms with Crippen molar-refractivity contribution in [1.29, 1.82) is 0 Å². The second-order valence-corrected chi connectivity index (χ2v) is 7.23. The van der Waals surface area contributed by atoms with Crippen molar-refractivity contribution in [3.63, 3.8) is 0 Å². The number of rotatable bonds is 9. The normalized spacial score (nSPS) is 15.4. The number of aliphatic imine (C=N–C) groups is 2. The van der Waals surface area contributed by atoms with Crippen LogP contribution in [0.1, 0.15) is 58.1 Å². The fourth-order valence-corrected chi connectivity index (χ4v) is 1.86. The van der Waals surface area contributed by atoms with E-state index in [0.29, 0.717) is 0 Å². The lowest BCUT2D eigenvalue weighted by atomic mass is 9.96. The van der Waals surface area contributed by atoms with Crippen molar-refractivity contribution in [2.75, 3.05) is 13.1 Å². The Bertz CT molecular complexity index is 507. The second-order valence-electron chi connectivity index (χ2n) is 7.23. The molecule has 0 aliphatic heterocycles. The molecule has 128 valence electrons. The maximum Gasteiger partial charge on any atom is 0.0406 e. The third-order valence-electron chi connectivity index (χ3n) is 3.92. The third kappa shape index (κ3) is 9.26. The van der Waals surface area contributed by atoms with Crippen LogP contribution in [0.5, 0.6) is 0 Å². The van der Waals surface area contributed by atoms with Gasteiger partial charge >= 0.3 is 0 Å². The zero-order chi connectivity index (χ0) is 17.3. The highest BCUT2D eigenvalue weighted by atomic mass is 14.8. The van der Waals surface area contributed by atoms with E-state index in [1.54, 1.807) is 0 Å². The van der Waals surface area contributed by atoms with Crippen molar-refractivity contribution in [2.24, 2.45) is 21.5 Å². The molecule has 0 saturated heterocycles. The SMILES string of the molecule is CCC(C)(N)CC/N=C/c1ccc(/C=N/CCC(C)(C)N)cc1. The van der Waals surface area contributed by atoms with Gasteiger partial charge in [0, 0.05) is 36.6 Å². The summed E-state index contributed by atoms with van der Waals surface area (Å²) < 4.78 is 0. The molecule has 23 heavy (non-hydrogen) atoms. The molecule has 0 aliphatic carbocycles. The molecule has 1 rings (SSSR count). The third-order valence-corrected chi connectivity index (χ3v) is 3.92. The summed E-state index contributed by atoms with van der Waals surface area (Å²) in [6.07, 6.45) is 6.56. The van der Waals surface area contributed by atoms with E-state index in [1.165, 1.54) is 0 Å². The molecule has 0 aliphatic rings. The van der Waals surface area contributed by atoms with Gasteiger partial charge in [-0.3, -0.25) is 9.98 Å². The summed E-state index contributed by atoms with van der Waals surface area (Å²) in [4.78, 5) is 8.87. The quantitative estimate of drug-likeness (QED) is 0.686. The molecule has 0 spiro atoms. The molecule has 1 unspecified atom stereocenters. The van der Waals surface area contributed by atoms with Crippen LogP contribution in [0.2, 0.25) is 0 Å². The van der Waals surface area contributed by atoms with Gasteiger partial charge in [-0.1, -0.05) is 31.2 Å². The van der Waals surface area contributed by atoms with E-state index in [0.717, 1.165) is 43.5 Å². The minimum atomic E-state index is -0.158. The van der Waals surface area contributed by atoms with Crippen LogP contribution in [-0.2, 0) is 0 Å². The van der Waals surface area contributed by atoms with Gasteiger partial charge in [0.05, 0.1) is 0 Å². The van der Waals surface area contributed by atoms with Crippen molar-refractivity contribution in [2.45, 2.75) is 58.0 Å². The van der Waals surface area contributed by atoms with Crippen LogP contribution >= 0.6 is 0 Å². The summed E-state index contributed by atoms with van der Waals surface area (Å²) in [6.45, 7) is 9.73. The van der Waals surface area contributed by atoms with Gasteiger partial charge in [0.25, 0.3) is 0 Å². The van der Waals surface area contributed by atoms with Gasteiger partial charge in [-0.25, -0.2) is 0 Å². The molecule has 0 saturated carbocycles. The Hall–Kier alpha value is -1.52. The topological polar surface area (TPSA) is 76.8 Å². The van der Waals surface area contributed by atoms with E-state index >= 15 is 0 Å². The van der Waals surface area contributed by atoms with Crippen molar-refractivity contribution >= 4 is 12.4 Å². The average molecular weight is 316 g/mol. The lowest BCUT2D eigenvalue weighted by molar-refractivity contribution is 0.425. The summed E-state index contributed by atoms with van der Waals surface area (Å²) in [5.41, 5.74) is 14.0. The van der Waals surface area contributed by atoms with E-state index in [1.807, 2.05) is 26.3 Å². The molecular weight excluding hydrogens is 284 g/mol. The van der Waals surface area contributed by atoms with Crippen LogP contribution in [0.25, 0.3) is 0 Å². The zero-order valence-corrected chi connectivity index (χ0v) is 15.0. The number of benzene rings is 1. The van der Waals surface area contributed by atoms with Crippen LogP contribution in [0.4, 0.5) is 0 Å². The highest BCUT2D eigenvalue weighted by molar-refractivity contribution is 5.84. The van der Waals surface area contributed by atoms with Crippen molar-refractivity contribution < 1.29 is 0 Å². The molecule has 0 aromatic heterocycles. The van der Waals surface area contributed by atoms with Gasteiger partial charge in [0.1, 0.15) is 0 Å². The summed E-state index contributed by atoms with van der Waals surface area (Å²) >= 11 is 0. The Morgan fingerprint density at radius 2 is 1.30 bits per heavy atom. The fourth-order valence-electron chi connectivity index (χ4n) is 1.86. The molecule has 1 atom stereocenters. The van der Waals surface area contributed by atoms with Crippen LogP contribution in [0.3, 0.4) is 0 Å². The average Bonchev–Trinajstić information content (AvgIpc) is 2.48. The molecule has 1 aromatic rings. The van der Waals surface area contributed by atoms with Crippen LogP contribution in [0, 0.1) is 0 Å². The molecule has 0 heterocycles. The van der Waals surface area contributed by atoms with Crippen LogP contribution in [0.15, 0.2) is 34.3 Å². The monoisotopic (exact) mass is 316 g/mol. The van der Waals surface area contributed by atoms with Crippen molar-refractivity contribution in [1.82, 2.24) is 0 Å². The Morgan fingerprint density at radius 1 is 0.870 bits per heavy atom. The first-order valence-corrected chi connectivity index (χ1v) is 8.39. The largest absolute Gasteiger partial charge is 0.325 e. The fraction of sp³-hybridized carbons (Fsp3) is 0.579. The highest BCUT2D eigenvalue weighted by Crippen LogP contribution is 2.10. The first-order valence-electron chi connectivity index (χ1n) is 8.39. The Labute approximate surface area is 141 Å². The minimum Gasteiger partial charge on any atom is -0.325 e. The molecular formula is C19H32N4. The predicted molar refractivity (Wildman–Crippen MR) is 102 cm³/mol. The number of hydrogen-bond acceptors (Lipinski definition) is 4. The smallest absolute Gasteiger partial charge is 0.0406 e. The van der Waals surface area contributed by atoms with Crippen molar-refractivity contribution in [3.8, 4) is 0 Å². The Morgan fingerprint density at radius 3 is 1.70 bits per heavy atom. The maximum atomic E-state index is 6.10. The van der Waals surface area contributed by atoms with Crippen LogP contribution < -0.4 is 11.5 Å². The van der Waals surface area contributed by atoms with Gasteiger partial charge in [0.15, 0.2) is 0 Å². The summed E-state index contributed by atoms with van der Waals surface area (Å²) in [7, 11) is 0. The number of nitrogens with two attached hydrogens (primary N) is 2. The van der Waals surface area contributed by atoms with Gasteiger partial charge in [-0.15, -0.1) is 0 Å². The van der Waals surface area contributed by atoms with E-state index in [2.05, 4.69) is 48.1 Å². The molecule has 0 radical (unpaired) electrons. The number of hydrogen-bond donors (Lipinski definition) is 2. The second kappa shape index (κ2) is 8.94. The minimum absolute atomic E-state index is 0.115. The van der Waals surface area contributed by atoms with Gasteiger partial charge < -0.3 is 11.5 Å². The molecule has 0 bridgehead atoms. The predicted octanol–water partition coefficient (Wildman–Crippen LogP) is 3.17. The van der Waals surface area contributed by atoms with E-state index < -0.39 is 0 Å². The van der Waals surface area contributed by atoms with Gasteiger partial charge in [-0.05, 0) is 51.2 Å². The summed E-state index contributed by atoms with van der Waals surface area (Å²) in [5.74, 6) is 0. The molecule has 4 N–H and O–H groups in total. The first kappa shape index (κ1) is 19.5. The van der Waals surface area contributed by atoms with Crippen molar-refractivity contribution in [3.05, 3.63) is 35.4 Å². The summed E-state index contributed by atoms with van der Waals surface area (Å²) in [5, 5.41) is 0. The Kier molecular flexibility index (Phi) is 7.59. The lowest BCUT2D eigenvalue weighted by Gasteiger charge is -2.20. The molecule has 4 nitrogen and oxygen atoms in total. The first-order chi connectivity index (χ1) is 10.7. The van der Waals surface area contributed by atoms with E-state index in [9.17, 15) is 0 Å². The van der Waals surface area contributed by atoms with Crippen LogP contribution in [-0.4, -0.2) is 36.6 Å².